The molecule has 1 aliphatic heterocycles. The van der Waals surface area contributed by atoms with Gasteiger partial charge >= 0.3 is 0 Å². The van der Waals surface area contributed by atoms with Gasteiger partial charge in [0.25, 0.3) is 0 Å². The smallest absolute Gasteiger partial charge is 0.0700 e. The van der Waals surface area contributed by atoms with Gasteiger partial charge in [0, 0.05) is 12.6 Å². The maximum Gasteiger partial charge on any atom is 0.0700 e. The van der Waals surface area contributed by atoms with Crippen molar-refractivity contribution < 1.29 is 4.74 Å². The first-order valence-electron chi connectivity index (χ1n) is 5.05. The van der Waals surface area contributed by atoms with Crippen LogP contribution in [-0.4, -0.2) is 25.3 Å². The molecule has 0 unspecified atom stereocenters. The van der Waals surface area contributed by atoms with Crippen molar-refractivity contribution in [3.8, 4) is 0 Å². The van der Waals surface area contributed by atoms with Crippen molar-refractivity contribution in [2.45, 2.75) is 45.8 Å². The molecule has 0 spiro atoms. The van der Waals surface area contributed by atoms with E-state index in [-0.39, 0.29) is 0 Å². The summed E-state index contributed by atoms with van der Waals surface area (Å²) >= 11 is 0. The molecule has 1 aliphatic rings. The molecule has 0 bridgehead atoms. The molecule has 0 aromatic heterocycles. The van der Waals surface area contributed by atoms with Crippen LogP contribution in [0.25, 0.3) is 0 Å². The second kappa shape index (κ2) is 4.83. The molecule has 2 atom stereocenters. The van der Waals surface area contributed by atoms with Crippen molar-refractivity contribution in [3.63, 3.8) is 0 Å². The zero-order chi connectivity index (χ0) is 8.97. The van der Waals surface area contributed by atoms with Crippen LogP contribution in [0.5, 0.6) is 0 Å². The Bertz CT molecular complexity index is 125. The Morgan fingerprint density at radius 2 is 2.25 bits per heavy atom. The van der Waals surface area contributed by atoms with E-state index in [0.717, 1.165) is 19.1 Å². The van der Waals surface area contributed by atoms with Crippen molar-refractivity contribution >= 4 is 0 Å². The standard InChI is InChI=1S/C10H21NO/c1-8(2)4-6-11-10-5-7-12-9(10)3/h8-11H,4-7H2,1-3H3/t9-,10-/m1/s1. The van der Waals surface area contributed by atoms with E-state index in [1.165, 1.54) is 12.8 Å². The van der Waals surface area contributed by atoms with E-state index in [9.17, 15) is 0 Å². The lowest BCUT2D eigenvalue weighted by atomic mass is 10.1. The first-order valence-corrected chi connectivity index (χ1v) is 5.05. The molecule has 0 amide bonds. The molecule has 0 radical (unpaired) electrons. The van der Waals surface area contributed by atoms with Crippen LogP contribution in [-0.2, 0) is 4.74 Å². The third kappa shape index (κ3) is 3.11. The summed E-state index contributed by atoms with van der Waals surface area (Å²) in [6.07, 6.45) is 2.86. The molecule has 1 saturated heterocycles. The summed E-state index contributed by atoms with van der Waals surface area (Å²) in [6, 6.07) is 0.601. The summed E-state index contributed by atoms with van der Waals surface area (Å²) in [6.45, 7) is 8.74. The molecule has 1 N–H and O–H groups in total. The predicted octanol–water partition coefficient (Wildman–Crippen LogP) is 1.80. The van der Waals surface area contributed by atoms with Gasteiger partial charge in [0.05, 0.1) is 6.10 Å². The van der Waals surface area contributed by atoms with Crippen molar-refractivity contribution in [1.29, 1.82) is 0 Å². The van der Waals surface area contributed by atoms with Crippen molar-refractivity contribution in [2.75, 3.05) is 13.2 Å². The zero-order valence-corrected chi connectivity index (χ0v) is 8.47. The highest BCUT2D eigenvalue weighted by atomic mass is 16.5. The van der Waals surface area contributed by atoms with Gasteiger partial charge in [0.1, 0.15) is 0 Å². The van der Waals surface area contributed by atoms with Gasteiger partial charge in [-0.3, -0.25) is 0 Å². The van der Waals surface area contributed by atoms with E-state index in [1.54, 1.807) is 0 Å². The molecular formula is C10H21NO. The lowest BCUT2D eigenvalue weighted by molar-refractivity contribution is 0.113. The SMILES string of the molecule is CC(C)CCN[C@@H]1CCO[C@@H]1C. The second-order valence-electron chi connectivity index (χ2n) is 4.11. The monoisotopic (exact) mass is 171 g/mol. The largest absolute Gasteiger partial charge is 0.377 e. The Morgan fingerprint density at radius 3 is 2.75 bits per heavy atom. The van der Waals surface area contributed by atoms with Crippen LogP contribution in [0.3, 0.4) is 0 Å². The Kier molecular flexibility index (Phi) is 4.02. The minimum Gasteiger partial charge on any atom is -0.377 e. The number of ether oxygens (including phenoxy) is 1. The number of rotatable bonds is 4. The van der Waals surface area contributed by atoms with Crippen LogP contribution < -0.4 is 5.32 Å². The van der Waals surface area contributed by atoms with E-state index in [4.69, 9.17) is 4.74 Å². The summed E-state index contributed by atoms with van der Waals surface area (Å²) in [5, 5.41) is 3.54. The van der Waals surface area contributed by atoms with Crippen LogP contribution in [0.15, 0.2) is 0 Å². The summed E-state index contributed by atoms with van der Waals surface area (Å²) in [5.74, 6) is 0.801. The molecular weight excluding hydrogens is 150 g/mol. The van der Waals surface area contributed by atoms with Crippen LogP contribution in [0, 0.1) is 5.92 Å². The Balaban J connectivity index is 2.06. The van der Waals surface area contributed by atoms with Crippen molar-refractivity contribution in [1.82, 2.24) is 5.32 Å². The Morgan fingerprint density at radius 1 is 1.50 bits per heavy atom. The molecule has 72 valence electrons. The molecule has 1 heterocycles. The van der Waals surface area contributed by atoms with E-state index < -0.39 is 0 Å². The average molecular weight is 171 g/mol. The van der Waals surface area contributed by atoms with Gasteiger partial charge < -0.3 is 10.1 Å². The minimum absolute atomic E-state index is 0.414. The first kappa shape index (κ1) is 10.0. The number of hydrogen-bond donors (Lipinski definition) is 1. The highest BCUT2D eigenvalue weighted by molar-refractivity contribution is 4.78. The van der Waals surface area contributed by atoms with E-state index in [2.05, 4.69) is 26.1 Å². The van der Waals surface area contributed by atoms with Crippen LogP contribution in [0.1, 0.15) is 33.6 Å². The van der Waals surface area contributed by atoms with E-state index in [1.807, 2.05) is 0 Å². The van der Waals surface area contributed by atoms with Gasteiger partial charge in [-0.15, -0.1) is 0 Å². The molecule has 1 fully saturated rings. The topological polar surface area (TPSA) is 21.3 Å². The number of nitrogens with one attached hydrogen (secondary N) is 1. The molecule has 0 aromatic carbocycles. The quantitative estimate of drug-likeness (QED) is 0.696. The summed E-state index contributed by atoms with van der Waals surface area (Å²) < 4.78 is 5.46. The maximum atomic E-state index is 5.46. The molecule has 0 aliphatic carbocycles. The second-order valence-corrected chi connectivity index (χ2v) is 4.11. The van der Waals surface area contributed by atoms with Crippen LogP contribution in [0.2, 0.25) is 0 Å². The summed E-state index contributed by atoms with van der Waals surface area (Å²) in [7, 11) is 0. The first-order chi connectivity index (χ1) is 5.70. The fraction of sp³-hybridized carbons (Fsp3) is 1.00. The Hall–Kier alpha value is -0.0800. The fourth-order valence-corrected chi connectivity index (χ4v) is 1.56. The lowest BCUT2D eigenvalue weighted by Gasteiger charge is -2.16. The Labute approximate surface area is 75.7 Å². The minimum atomic E-state index is 0.414. The molecule has 0 saturated carbocycles. The lowest BCUT2D eigenvalue weighted by Crippen LogP contribution is -2.35. The van der Waals surface area contributed by atoms with Crippen LogP contribution in [0.4, 0.5) is 0 Å². The van der Waals surface area contributed by atoms with Gasteiger partial charge in [0.2, 0.25) is 0 Å². The summed E-state index contributed by atoms with van der Waals surface area (Å²) in [5.41, 5.74) is 0. The molecule has 0 aromatic rings. The average Bonchev–Trinajstić information content (AvgIpc) is 2.36. The van der Waals surface area contributed by atoms with Crippen molar-refractivity contribution in [2.24, 2.45) is 5.92 Å². The third-order valence-electron chi connectivity index (χ3n) is 2.50. The summed E-state index contributed by atoms with van der Waals surface area (Å²) in [4.78, 5) is 0. The normalized spacial score (nSPS) is 30.0. The van der Waals surface area contributed by atoms with Gasteiger partial charge in [-0.25, -0.2) is 0 Å². The number of hydrogen-bond acceptors (Lipinski definition) is 2. The van der Waals surface area contributed by atoms with E-state index >= 15 is 0 Å². The van der Waals surface area contributed by atoms with Gasteiger partial charge in [-0.05, 0) is 32.2 Å². The van der Waals surface area contributed by atoms with Gasteiger partial charge in [0.15, 0.2) is 0 Å². The van der Waals surface area contributed by atoms with Crippen molar-refractivity contribution in [3.05, 3.63) is 0 Å². The molecule has 2 nitrogen and oxygen atoms in total. The molecule has 1 rings (SSSR count). The maximum absolute atomic E-state index is 5.46. The highest BCUT2D eigenvalue weighted by Gasteiger charge is 2.22. The molecule has 2 heteroatoms. The highest BCUT2D eigenvalue weighted by Crippen LogP contribution is 2.12. The van der Waals surface area contributed by atoms with E-state index in [0.29, 0.717) is 12.1 Å². The zero-order valence-electron chi connectivity index (χ0n) is 8.47. The third-order valence-corrected chi connectivity index (χ3v) is 2.50. The van der Waals surface area contributed by atoms with Gasteiger partial charge in [-0.2, -0.15) is 0 Å². The fourth-order valence-electron chi connectivity index (χ4n) is 1.56. The van der Waals surface area contributed by atoms with Gasteiger partial charge in [-0.1, -0.05) is 13.8 Å². The predicted molar refractivity (Wildman–Crippen MR) is 51.3 cm³/mol. The van der Waals surface area contributed by atoms with Crippen LogP contribution >= 0.6 is 0 Å². The molecule has 12 heavy (non-hydrogen) atoms.